The number of hydrogen-bond donors (Lipinski definition) is 2. The van der Waals surface area contributed by atoms with Gasteiger partial charge in [-0.05, 0) is 23.8 Å². The quantitative estimate of drug-likeness (QED) is 0.861. The Morgan fingerprint density at radius 1 is 1.25 bits per heavy atom. The van der Waals surface area contributed by atoms with Gasteiger partial charge < -0.3 is 10.4 Å². The van der Waals surface area contributed by atoms with Gasteiger partial charge in [0.15, 0.2) is 0 Å². The minimum absolute atomic E-state index is 0.134. The second kappa shape index (κ2) is 5.22. The fraction of sp³-hybridized carbons (Fsp3) is 0.294. The SMILES string of the molecule is CC1(C)c2cccc(C(=O)O)c2NC1c1ccc(C(F)(F)F)cn1. The number of carboxylic acids is 1. The van der Waals surface area contributed by atoms with Crippen LogP contribution in [0.2, 0.25) is 0 Å². The molecule has 0 saturated heterocycles. The fourth-order valence-corrected chi connectivity index (χ4v) is 3.09. The van der Waals surface area contributed by atoms with E-state index in [0.717, 1.165) is 17.8 Å². The van der Waals surface area contributed by atoms with E-state index in [1.807, 2.05) is 19.9 Å². The van der Waals surface area contributed by atoms with Crippen molar-refractivity contribution in [3.8, 4) is 0 Å². The number of pyridine rings is 1. The zero-order chi connectivity index (χ0) is 17.7. The summed E-state index contributed by atoms with van der Waals surface area (Å²) >= 11 is 0. The summed E-state index contributed by atoms with van der Waals surface area (Å²) in [4.78, 5) is 15.3. The Morgan fingerprint density at radius 2 is 1.96 bits per heavy atom. The molecule has 1 aliphatic heterocycles. The van der Waals surface area contributed by atoms with E-state index in [1.165, 1.54) is 12.1 Å². The standard InChI is InChI=1S/C17H15F3N2O2/c1-16(2)11-5-3-4-10(15(23)24)13(11)22-14(16)12-7-6-9(8-21-12)17(18,19)20/h3-8,14,22H,1-2H3,(H,23,24). The first-order valence-corrected chi connectivity index (χ1v) is 7.29. The monoisotopic (exact) mass is 336 g/mol. The van der Waals surface area contributed by atoms with Crippen LogP contribution in [0.15, 0.2) is 36.5 Å². The van der Waals surface area contributed by atoms with Gasteiger partial charge in [-0.15, -0.1) is 0 Å². The lowest BCUT2D eigenvalue weighted by Crippen LogP contribution is -2.26. The summed E-state index contributed by atoms with van der Waals surface area (Å²) in [7, 11) is 0. The number of para-hydroxylation sites is 1. The van der Waals surface area contributed by atoms with Gasteiger partial charge in [-0.3, -0.25) is 4.98 Å². The highest BCUT2D eigenvalue weighted by atomic mass is 19.4. The molecule has 1 aromatic carbocycles. The van der Waals surface area contributed by atoms with Crippen LogP contribution >= 0.6 is 0 Å². The number of rotatable bonds is 2. The lowest BCUT2D eigenvalue weighted by atomic mass is 9.79. The maximum Gasteiger partial charge on any atom is 0.417 e. The highest BCUT2D eigenvalue weighted by molar-refractivity contribution is 5.96. The fourth-order valence-electron chi connectivity index (χ4n) is 3.09. The number of hydrogen-bond acceptors (Lipinski definition) is 3. The molecule has 2 aromatic rings. The molecule has 0 spiro atoms. The first-order valence-electron chi connectivity index (χ1n) is 7.29. The highest BCUT2D eigenvalue weighted by Gasteiger charge is 2.43. The predicted molar refractivity (Wildman–Crippen MR) is 82.0 cm³/mol. The molecule has 0 amide bonds. The molecule has 1 aromatic heterocycles. The van der Waals surface area contributed by atoms with Crippen LogP contribution in [0.3, 0.4) is 0 Å². The third-order valence-electron chi connectivity index (χ3n) is 4.41. The largest absolute Gasteiger partial charge is 0.478 e. The van der Waals surface area contributed by atoms with E-state index in [-0.39, 0.29) is 5.56 Å². The van der Waals surface area contributed by atoms with Crippen molar-refractivity contribution in [1.29, 1.82) is 0 Å². The van der Waals surface area contributed by atoms with Crippen LogP contribution in [-0.2, 0) is 11.6 Å². The number of alkyl halides is 3. The summed E-state index contributed by atoms with van der Waals surface area (Å²) in [5.41, 5.74) is 0.519. The Morgan fingerprint density at radius 3 is 2.50 bits per heavy atom. The number of carbonyl (C=O) groups is 1. The van der Waals surface area contributed by atoms with Crippen molar-refractivity contribution in [2.24, 2.45) is 0 Å². The summed E-state index contributed by atoms with van der Waals surface area (Å²) in [6, 6.07) is 6.87. The molecule has 0 bridgehead atoms. The summed E-state index contributed by atoms with van der Waals surface area (Å²) in [6.45, 7) is 3.81. The molecule has 1 unspecified atom stereocenters. The minimum Gasteiger partial charge on any atom is -0.478 e. The van der Waals surface area contributed by atoms with Gasteiger partial charge in [0.2, 0.25) is 0 Å². The van der Waals surface area contributed by atoms with Crippen LogP contribution in [0.1, 0.15) is 47.1 Å². The number of anilines is 1. The topological polar surface area (TPSA) is 62.2 Å². The second-order valence-corrected chi connectivity index (χ2v) is 6.30. The average molecular weight is 336 g/mol. The van der Waals surface area contributed by atoms with Crippen LogP contribution in [0, 0.1) is 0 Å². The van der Waals surface area contributed by atoms with Gasteiger partial charge >= 0.3 is 12.1 Å². The number of aromatic nitrogens is 1. The van der Waals surface area contributed by atoms with Crippen molar-refractivity contribution in [3.05, 3.63) is 58.9 Å². The van der Waals surface area contributed by atoms with Crippen LogP contribution < -0.4 is 5.32 Å². The van der Waals surface area contributed by atoms with E-state index in [9.17, 15) is 23.1 Å². The predicted octanol–water partition coefficient (Wildman–Crippen LogP) is 4.24. The van der Waals surface area contributed by atoms with Gasteiger partial charge in [0.25, 0.3) is 0 Å². The third-order valence-corrected chi connectivity index (χ3v) is 4.41. The minimum atomic E-state index is -4.44. The maximum absolute atomic E-state index is 12.7. The lowest BCUT2D eigenvalue weighted by molar-refractivity contribution is -0.137. The van der Waals surface area contributed by atoms with Crippen molar-refractivity contribution >= 4 is 11.7 Å². The number of carboxylic acid groups (broad SMARTS) is 1. The van der Waals surface area contributed by atoms with Crippen LogP contribution in [0.5, 0.6) is 0 Å². The first kappa shape index (κ1) is 16.3. The Bertz CT molecular complexity index is 798. The molecule has 24 heavy (non-hydrogen) atoms. The maximum atomic E-state index is 12.7. The normalized spacial score (nSPS) is 18.8. The zero-order valence-corrected chi connectivity index (χ0v) is 13.0. The summed E-state index contributed by atoms with van der Waals surface area (Å²) in [5.74, 6) is -1.06. The Labute approximate surface area is 136 Å². The molecule has 0 saturated carbocycles. The van der Waals surface area contributed by atoms with E-state index in [0.29, 0.717) is 11.4 Å². The van der Waals surface area contributed by atoms with Crippen molar-refractivity contribution in [1.82, 2.24) is 4.98 Å². The molecular formula is C17H15F3N2O2. The summed E-state index contributed by atoms with van der Waals surface area (Å²) < 4.78 is 38.1. The van der Waals surface area contributed by atoms with E-state index in [4.69, 9.17) is 0 Å². The van der Waals surface area contributed by atoms with Gasteiger partial charge in [-0.2, -0.15) is 13.2 Å². The van der Waals surface area contributed by atoms with Crippen molar-refractivity contribution in [2.75, 3.05) is 5.32 Å². The van der Waals surface area contributed by atoms with Gasteiger partial charge in [0, 0.05) is 11.6 Å². The van der Waals surface area contributed by atoms with E-state index >= 15 is 0 Å². The van der Waals surface area contributed by atoms with Crippen LogP contribution in [0.4, 0.5) is 18.9 Å². The number of nitrogens with zero attached hydrogens (tertiary/aromatic N) is 1. The number of nitrogens with one attached hydrogen (secondary N) is 1. The van der Waals surface area contributed by atoms with Gasteiger partial charge in [0.05, 0.1) is 28.6 Å². The Balaban J connectivity index is 2.02. The molecule has 1 atom stereocenters. The average Bonchev–Trinajstić information content (AvgIpc) is 2.78. The van der Waals surface area contributed by atoms with Crippen molar-refractivity contribution < 1.29 is 23.1 Å². The molecule has 0 fully saturated rings. The Hall–Kier alpha value is -2.57. The molecule has 126 valence electrons. The highest BCUT2D eigenvalue weighted by Crippen LogP contribution is 2.49. The molecule has 3 rings (SSSR count). The van der Waals surface area contributed by atoms with Gasteiger partial charge in [-0.1, -0.05) is 26.0 Å². The third kappa shape index (κ3) is 2.50. The summed E-state index contributed by atoms with van der Waals surface area (Å²) in [6.07, 6.45) is -3.64. The van der Waals surface area contributed by atoms with Gasteiger partial charge in [0.1, 0.15) is 0 Å². The molecule has 7 heteroatoms. The number of fused-ring (bicyclic) bond motifs is 1. The first-order chi connectivity index (χ1) is 11.1. The molecular weight excluding hydrogens is 321 g/mol. The lowest BCUT2D eigenvalue weighted by Gasteiger charge is -2.27. The van der Waals surface area contributed by atoms with Crippen molar-refractivity contribution in [3.63, 3.8) is 0 Å². The van der Waals surface area contributed by atoms with Gasteiger partial charge in [-0.25, -0.2) is 4.79 Å². The zero-order valence-electron chi connectivity index (χ0n) is 13.0. The Kier molecular flexibility index (Phi) is 3.55. The van der Waals surface area contributed by atoms with E-state index < -0.39 is 29.2 Å². The number of aromatic carboxylic acids is 1. The number of halogens is 3. The van der Waals surface area contributed by atoms with Crippen molar-refractivity contribution in [2.45, 2.75) is 31.5 Å². The molecule has 0 radical (unpaired) electrons. The van der Waals surface area contributed by atoms with E-state index in [2.05, 4.69) is 10.3 Å². The summed E-state index contributed by atoms with van der Waals surface area (Å²) in [5, 5.41) is 12.4. The smallest absolute Gasteiger partial charge is 0.417 e. The molecule has 4 nitrogen and oxygen atoms in total. The molecule has 1 aliphatic rings. The molecule has 0 aliphatic carbocycles. The van der Waals surface area contributed by atoms with E-state index in [1.54, 1.807) is 6.07 Å². The number of benzene rings is 1. The van der Waals surface area contributed by atoms with Crippen LogP contribution in [0.25, 0.3) is 0 Å². The molecule has 2 N–H and O–H groups in total. The molecule has 2 heterocycles. The second-order valence-electron chi connectivity index (χ2n) is 6.30. The van der Waals surface area contributed by atoms with Crippen LogP contribution in [-0.4, -0.2) is 16.1 Å².